The van der Waals surface area contributed by atoms with Gasteiger partial charge in [-0.1, -0.05) is 81.7 Å². The zero-order valence-corrected chi connectivity index (χ0v) is 27.0. The predicted molar refractivity (Wildman–Crippen MR) is 183 cm³/mol. The summed E-state index contributed by atoms with van der Waals surface area (Å²) in [6, 6.07) is 12.6. The zero-order chi connectivity index (χ0) is 32.2. The summed E-state index contributed by atoms with van der Waals surface area (Å²) in [4.78, 5) is 18.2. The molecule has 0 spiro atoms. The molecule has 45 heavy (non-hydrogen) atoms. The number of carbonyl (C=O) groups excluding carboxylic acids is 1. The third-order valence-corrected chi connectivity index (χ3v) is 8.54. The van der Waals surface area contributed by atoms with E-state index in [2.05, 4.69) is 55.1 Å². The molecule has 1 atom stereocenters. The summed E-state index contributed by atoms with van der Waals surface area (Å²) in [6.45, 7) is 5.78. The zero-order valence-electron chi connectivity index (χ0n) is 27.0. The Labute approximate surface area is 267 Å². The van der Waals surface area contributed by atoms with Crippen LogP contribution in [0.4, 0.5) is 14.5 Å². The molecular weight excluding hydrogens is 566 g/mol. The van der Waals surface area contributed by atoms with E-state index in [-0.39, 0.29) is 11.5 Å². The number of nitrogens with zero attached hydrogens (tertiary/aromatic N) is 1. The Morgan fingerprint density at radius 1 is 1.09 bits per heavy atom. The number of alkyl halides is 2. The molecule has 238 valence electrons. The van der Waals surface area contributed by atoms with Gasteiger partial charge < -0.3 is 10.1 Å². The number of hydrogen-bond donors (Lipinski definition) is 1. The van der Waals surface area contributed by atoms with Crippen LogP contribution >= 0.6 is 0 Å². The molecule has 6 heteroatoms. The molecule has 0 saturated heterocycles. The minimum absolute atomic E-state index is 0.130. The van der Waals surface area contributed by atoms with Crippen molar-refractivity contribution in [3.8, 4) is 5.75 Å². The number of unbranched alkanes of at least 4 members (excludes halogenated alkanes) is 1. The van der Waals surface area contributed by atoms with Crippen molar-refractivity contribution < 1.29 is 18.3 Å². The van der Waals surface area contributed by atoms with E-state index >= 15 is 0 Å². The first kappa shape index (κ1) is 33.8. The van der Waals surface area contributed by atoms with Crippen LogP contribution in [0.1, 0.15) is 100 Å². The van der Waals surface area contributed by atoms with Crippen LogP contribution < -0.4 is 10.1 Å². The maximum absolute atomic E-state index is 13.4. The van der Waals surface area contributed by atoms with Gasteiger partial charge in [-0.05, 0) is 97.6 Å². The molecule has 1 aliphatic heterocycles. The molecule has 1 N–H and O–H groups in total. The number of carbonyl (C=O) groups is 1. The molecule has 0 amide bonds. The quantitative estimate of drug-likeness (QED) is 0.161. The van der Waals surface area contributed by atoms with Gasteiger partial charge in [-0.2, -0.15) is 8.78 Å². The van der Waals surface area contributed by atoms with Crippen molar-refractivity contribution in [2.75, 3.05) is 5.32 Å². The molecule has 2 aliphatic rings. The molecule has 2 aromatic carbocycles. The second-order valence-electron chi connectivity index (χ2n) is 11.8. The highest BCUT2D eigenvalue weighted by atomic mass is 19.3. The summed E-state index contributed by atoms with van der Waals surface area (Å²) < 4.78 is 29.6. The lowest BCUT2D eigenvalue weighted by Crippen LogP contribution is -2.17. The molecule has 1 unspecified atom stereocenters. The highest BCUT2D eigenvalue weighted by Crippen LogP contribution is 2.32. The summed E-state index contributed by atoms with van der Waals surface area (Å²) in [5, 5.41) is 3.56. The first-order valence-corrected chi connectivity index (χ1v) is 16.3. The Kier molecular flexibility index (Phi) is 12.7. The molecule has 0 fully saturated rings. The smallest absolute Gasteiger partial charge is 0.387 e. The monoisotopic (exact) mass is 612 g/mol. The lowest BCUT2D eigenvalue weighted by molar-refractivity contribution is -0.0498. The number of halogens is 2. The number of nitrogens with one attached hydrogen (secondary N) is 1. The number of fused-ring (bicyclic) bond motifs is 1. The van der Waals surface area contributed by atoms with Crippen molar-refractivity contribution in [1.29, 1.82) is 0 Å². The Balaban J connectivity index is 1.46. The number of Topliss-reactive ketones (excluding diaryl/α,β-unsaturated/α-hetero) is 1. The van der Waals surface area contributed by atoms with Crippen LogP contribution in [-0.4, -0.2) is 18.1 Å². The molecule has 4 rings (SSSR count). The van der Waals surface area contributed by atoms with Crippen LogP contribution in [0.2, 0.25) is 0 Å². The van der Waals surface area contributed by atoms with E-state index in [4.69, 9.17) is 4.99 Å². The fourth-order valence-corrected chi connectivity index (χ4v) is 5.82. The highest BCUT2D eigenvalue weighted by molar-refractivity contribution is 6.16. The van der Waals surface area contributed by atoms with Gasteiger partial charge >= 0.3 is 6.61 Å². The van der Waals surface area contributed by atoms with Gasteiger partial charge in [0.1, 0.15) is 5.75 Å². The Morgan fingerprint density at radius 3 is 2.58 bits per heavy atom. The van der Waals surface area contributed by atoms with Gasteiger partial charge in [0, 0.05) is 30.3 Å². The van der Waals surface area contributed by atoms with E-state index in [0.717, 1.165) is 83.5 Å². The van der Waals surface area contributed by atoms with Gasteiger partial charge in [0.15, 0.2) is 5.78 Å². The second kappa shape index (κ2) is 16.9. The standard InChI is InChI=1S/C39H46F2N2O2/c1-5-8-12-28(6-2)15-16-29(7-3)24-37(44)35-22-19-33(23-27(35)4)43-36-14-11-9-10-13-31-25-32(26-42-38(31)36)30-17-20-34(21-18-30)45-39(40)41/h9-10,12-14,17-23,26,29,39,43H,5-8,11,15-16,24-25H2,1-4H3/b10-9-,28-12+,31-13-,36-14-. The molecule has 1 aliphatic carbocycles. The molecule has 4 nitrogen and oxygen atoms in total. The van der Waals surface area contributed by atoms with Gasteiger partial charge in [-0.3, -0.25) is 9.79 Å². The topological polar surface area (TPSA) is 50.7 Å². The van der Waals surface area contributed by atoms with Crippen molar-refractivity contribution in [2.45, 2.75) is 92.1 Å². The molecule has 2 aromatic rings. The number of ether oxygens (including phenoxy) is 1. The Morgan fingerprint density at radius 2 is 1.89 bits per heavy atom. The minimum atomic E-state index is -2.85. The lowest BCUT2D eigenvalue weighted by Gasteiger charge is -2.22. The summed E-state index contributed by atoms with van der Waals surface area (Å²) in [5.41, 5.74) is 8.91. The van der Waals surface area contributed by atoms with Gasteiger partial charge in [0.25, 0.3) is 0 Å². The molecule has 0 aromatic heterocycles. The van der Waals surface area contributed by atoms with Crippen LogP contribution in [0, 0.1) is 12.8 Å². The third kappa shape index (κ3) is 9.71. The molecule has 0 saturated carbocycles. The summed E-state index contributed by atoms with van der Waals surface area (Å²) in [5.74, 6) is 0.729. The number of allylic oxidation sites excluding steroid dienone is 8. The van der Waals surface area contributed by atoms with Gasteiger partial charge in [0.2, 0.25) is 0 Å². The normalized spacial score (nSPS) is 18.7. The number of rotatable bonds is 15. The van der Waals surface area contributed by atoms with E-state index in [1.54, 1.807) is 24.3 Å². The van der Waals surface area contributed by atoms with E-state index in [9.17, 15) is 13.6 Å². The average Bonchev–Trinajstić information content (AvgIpc) is 3.02. The molecular formula is C39H46F2N2O2. The maximum atomic E-state index is 13.4. The number of hydrogen-bond acceptors (Lipinski definition) is 4. The van der Waals surface area contributed by atoms with E-state index < -0.39 is 6.61 Å². The number of aryl methyl sites for hydroxylation is 1. The van der Waals surface area contributed by atoms with Gasteiger partial charge in [-0.25, -0.2) is 0 Å². The van der Waals surface area contributed by atoms with Crippen LogP contribution in [0.25, 0.3) is 5.57 Å². The SMILES string of the molecule is CCC/C=C(\CC)CCC(CC)CC(=O)c1ccc(N/C2=C\C/C=C\C=C3\CC(c4ccc(OC(F)F)cc4)=CN=C32)cc1C. The highest BCUT2D eigenvalue weighted by Gasteiger charge is 2.21. The Bertz CT molecular complexity index is 1510. The largest absolute Gasteiger partial charge is 0.435 e. The van der Waals surface area contributed by atoms with Crippen LogP contribution in [0.3, 0.4) is 0 Å². The van der Waals surface area contributed by atoms with Gasteiger partial charge in [-0.15, -0.1) is 0 Å². The first-order chi connectivity index (χ1) is 21.8. The van der Waals surface area contributed by atoms with Crippen LogP contribution in [-0.2, 0) is 0 Å². The number of aliphatic imine (C=N–C) groups is 1. The van der Waals surface area contributed by atoms with Crippen molar-refractivity contribution in [3.05, 3.63) is 113 Å². The van der Waals surface area contributed by atoms with E-state index in [0.29, 0.717) is 18.8 Å². The predicted octanol–water partition coefficient (Wildman–Crippen LogP) is 11.2. The van der Waals surface area contributed by atoms with Crippen molar-refractivity contribution in [2.24, 2.45) is 10.9 Å². The fraction of sp³-hybridized carbons (Fsp3) is 0.385. The van der Waals surface area contributed by atoms with E-state index in [1.807, 2.05) is 37.4 Å². The first-order valence-electron chi connectivity index (χ1n) is 16.3. The number of benzene rings is 2. The van der Waals surface area contributed by atoms with Crippen molar-refractivity contribution in [3.63, 3.8) is 0 Å². The minimum Gasteiger partial charge on any atom is -0.435 e. The summed E-state index contributed by atoms with van der Waals surface area (Å²) in [6.07, 6.45) is 21.1. The average molecular weight is 613 g/mol. The molecule has 0 bridgehead atoms. The van der Waals surface area contributed by atoms with Crippen molar-refractivity contribution in [1.82, 2.24) is 0 Å². The lowest BCUT2D eigenvalue weighted by atomic mass is 9.88. The summed E-state index contributed by atoms with van der Waals surface area (Å²) >= 11 is 0. The van der Waals surface area contributed by atoms with Gasteiger partial charge in [0.05, 0.1) is 11.4 Å². The number of anilines is 1. The van der Waals surface area contributed by atoms with Crippen LogP contribution in [0.5, 0.6) is 5.75 Å². The number of ketones is 1. The third-order valence-electron chi connectivity index (χ3n) is 8.54. The Hall–Kier alpha value is -4.06. The maximum Gasteiger partial charge on any atom is 0.387 e. The fourth-order valence-electron chi connectivity index (χ4n) is 5.82. The molecule has 0 radical (unpaired) electrons. The van der Waals surface area contributed by atoms with Crippen LogP contribution in [0.15, 0.2) is 101 Å². The summed E-state index contributed by atoms with van der Waals surface area (Å²) in [7, 11) is 0. The van der Waals surface area contributed by atoms with E-state index in [1.165, 1.54) is 12.0 Å². The van der Waals surface area contributed by atoms with Crippen molar-refractivity contribution >= 4 is 22.8 Å². The molecule has 1 heterocycles. The second-order valence-corrected chi connectivity index (χ2v) is 11.8.